The SMILES string of the molecule is C=CC(=O)N1CCC2=C(CCC2n2nc(-c3ccc4sccc4c3)c3c(N)ncnc32)C1. The van der Waals surface area contributed by atoms with E-state index < -0.39 is 0 Å². The van der Waals surface area contributed by atoms with Gasteiger partial charge in [0.1, 0.15) is 17.8 Å². The molecule has 4 aromatic rings. The summed E-state index contributed by atoms with van der Waals surface area (Å²) in [6.07, 6.45) is 5.66. The van der Waals surface area contributed by atoms with Gasteiger partial charge in [0, 0.05) is 23.4 Å². The summed E-state index contributed by atoms with van der Waals surface area (Å²) in [7, 11) is 0. The number of nitrogen functional groups attached to an aromatic ring is 1. The molecule has 1 atom stereocenters. The topological polar surface area (TPSA) is 89.9 Å². The van der Waals surface area contributed by atoms with E-state index in [2.05, 4.69) is 46.2 Å². The molecular formula is C24H22N6OS. The largest absolute Gasteiger partial charge is 0.383 e. The molecule has 8 heteroatoms. The van der Waals surface area contributed by atoms with Gasteiger partial charge in [-0.15, -0.1) is 11.3 Å². The number of nitrogens with two attached hydrogens (primary N) is 1. The number of anilines is 1. The Hall–Kier alpha value is -3.52. The second-order valence-corrected chi connectivity index (χ2v) is 9.27. The molecule has 0 bridgehead atoms. The Morgan fingerprint density at radius 3 is 3.03 bits per heavy atom. The molecule has 1 aromatic carbocycles. The Bertz CT molecular complexity index is 1430. The number of hydrogen-bond donors (Lipinski definition) is 1. The Morgan fingerprint density at radius 2 is 2.16 bits per heavy atom. The molecule has 2 N–H and O–H groups in total. The lowest BCUT2D eigenvalue weighted by Crippen LogP contribution is -2.35. The van der Waals surface area contributed by atoms with Gasteiger partial charge in [-0.1, -0.05) is 12.6 Å². The van der Waals surface area contributed by atoms with E-state index in [0.29, 0.717) is 18.9 Å². The minimum atomic E-state index is -0.00355. The van der Waals surface area contributed by atoms with Crippen LogP contribution in [0.3, 0.4) is 0 Å². The van der Waals surface area contributed by atoms with Crippen molar-refractivity contribution in [3.05, 3.63) is 59.8 Å². The number of thiophene rings is 1. The molecular weight excluding hydrogens is 420 g/mol. The van der Waals surface area contributed by atoms with Crippen LogP contribution in [0.4, 0.5) is 5.82 Å². The fourth-order valence-electron chi connectivity index (χ4n) is 5.09. The van der Waals surface area contributed by atoms with Crippen LogP contribution in [0.5, 0.6) is 0 Å². The summed E-state index contributed by atoms with van der Waals surface area (Å²) >= 11 is 1.72. The normalized spacial score (nSPS) is 18.5. The van der Waals surface area contributed by atoms with Gasteiger partial charge < -0.3 is 10.6 Å². The molecule has 2 aliphatic rings. The van der Waals surface area contributed by atoms with Crippen molar-refractivity contribution in [3.63, 3.8) is 0 Å². The second kappa shape index (κ2) is 7.27. The smallest absolute Gasteiger partial charge is 0.246 e. The summed E-state index contributed by atoms with van der Waals surface area (Å²) in [6, 6.07) is 8.62. The van der Waals surface area contributed by atoms with Crippen LogP contribution >= 0.6 is 11.3 Å². The van der Waals surface area contributed by atoms with Crippen LogP contribution in [-0.4, -0.2) is 43.6 Å². The molecule has 7 nitrogen and oxygen atoms in total. The van der Waals surface area contributed by atoms with Gasteiger partial charge in [0.05, 0.1) is 11.4 Å². The van der Waals surface area contributed by atoms with Gasteiger partial charge in [0.15, 0.2) is 5.65 Å². The van der Waals surface area contributed by atoms with E-state index >= 15 is 0 Å². The molecule has 1 aliphatic carbocycles. The number of nitrogens with zero attached hydrogens (tertiary/aromatic N) is 5. The second-order valence-electron chi connectivity index (χ2n) is 8.32. The van der Waals surface area contributed by atoms with E-state index in [0.717, 1.165) is 41.6 Å². The molecule has 4 heterocycles. The van der Waals surface area contributed by atoms with Crippen LogP contribution in [0.15, 0.2) is 59.8 Å². The Balaban J connectivity index is 1.47. The van der Waals surface area contributed by atoms with Gasteiger partial charge >= 0.3 is 0 Å². The standard InChI is InChI=1S/C24H22N6OS/c1-2-20(31)29-9-7-17-16(12-29)3-5-18(17)30-24-21(23(25)26-13-27-24)22(28-30)15-4-6-19-14(11-15)8-10-32-19/h2,4,6,8,10-11,13,18H,1,3,5,7,9,12H2,(H2,25,26,27). The molecule has 1 aliphatic heterocycles. The number of aromatic nitrogens is 4. The molecule has 3 aromatic heterocycles. The Kier molecular flexibility index (Phi) is 4.36. The van der Waals surface area contributed by atoms with Crippen molar-refractivity contribution in [1.29, 1.82) is 0 Å². The molecule has 1 amide bonds. The third kappa shape index (κ3) is 2.86. The summed E-state index contributed by atoms with van der Waals surface area (Å²) in [4.78, 5) is 22.8. The van der Waals surface area contributed by atoms with E-state index in [9.17, 15) is 4.79 Å². The van der Waals surface area contributed by atoms with Crippen molar-refractivity contribution in [3.8, 4) is 11.3 Å². The van der Waals surface area contributed by atoms with Crippen LogP contribution in [0.1, 0.15) is 25.3 Å². The summed E-state index contributed by atoms with van der Waals surface area (Å²) in [6.45, 7) is 5.01. The summed E-state index contributed by atoms with van der Waals surface area (Å²) in [5.74, 6) is 0.441. The monoisotopic (exact) mass is 442 g/mol. The number of amides is 1. The van der Waals surface area contributed by atoms with Crippen LogP contribution in [0, 0.1) is 0 Å². The first-order chi connectivity index (χ1) is 15.6. The van der Waals surface area contributed by atoms with Crippen molar-refractivity contribution in [2.24, 2.45) is 0 Å². The molecule has 0 saturated carbocycles. The minimum Gasteiger partial charge on any atom is -0.383 e. The Morgan fingerprint density at radius 1 is 1.25 bits per heavy atom. The highest BCUT2D eigenvalue weighted by atomic mass is 32.1. The van der Waals surface area contributed by atoms with Crippen molar-refractivity contribution < 1.29 is 4.79 Å². The zero-order valence-electron chi connectivity index (χ0n) is 17.5. The molecule has 0 radical (unpaired) electrons. The lowest BCUT2D eigenvalue weighted by atomic mass is 10.0. The summed E-state index contributed by atoms with van der Waals surface area (Å²) in [5, 5.41) is 9.15. The molecule has 32 heavy (non-hydrogen) atoms. The first kappa shape index (κ1) is 19.2. The fraction of sp³-hybridized carbons (Fsp3) is 0.250. The fourth-order valence-corrected chi connectivity index (χ4v) is 5.86. The van der Waals surface area contributed by atoms with Gasteiger partial charge in [-0.3, -0.25) is 4.79 Å². The van der Waals surface area contributed by atoms with Gasteiger partial charge in [-0.25, -0.2) is 14.6 Å². The van der Waals surface area contributed by atoms with Crippen LogP contribution in [0.2, 0.25) is 0 Å². The number of carbonyl (C=O) groups excluding carboxylic acids is 1. The summed E-state index contributed by atoms with van der Waals surface area (Å²) < 4.78 is 3.28. The molecule has 6 rings (SSSR count). The number of fused-ring (bicyclic) bond motifs is 2. The van der Waals surface area contributed by atoms with Gasteiger partial charge in [0.25, 0.3) is 0 Å². The molecule has 160 valence electrons. The molecule has 0 saturated heterocycles. The lowest BCUT2D eigenvalue weighted by molar-refractivity contribution is -0.125. The van der Waals surface area contributed by atoms with Gasteiger partial charge in [-0.2, -0.15) is 5.10 Å². The van der Waals surface area contributed by atoms with E-state index in [1.807, 2.05) is 9.58 Å². The minimum absolute atomic E-state index is 0.00355. The lowest BCUT2D eigenvalue weighted by Gasteiger charge is -2.29. The first-order valence-corrected chi connectivity index (χ1v) is 11.6. The van der Waals surface area contributed by atoms with Gasteiger partial charge in [0.2, 0.25) is 5.91 Å². The van der Waals surface area contributed by atoms with Crippen molar-refractivity contribution in [2.75, 3.05) is 18.8 Å². The molecule has 1 unspecified atom stereocenters. The maximum atomic E-state index is 12.1. The third-order valence-corrected chi connectivity index (χ3v) is 7.53. The summed E-state index contributed by atoms with van der Waals surface area (Å²) in [5.41, 5.74) is 11.6. The zero-order valence-corrected chi connectivity index (χ0v) is 18.3. The van der Waals surface area contributed by atoms with Gasteiger partial charge in [-0.05, 0) is 65.5 Å². The maximum absolute atomic E-state index is 12.1. The van der Waals surface area contributed by atoms with Crippen molar-refractivity contribution in [1.82, 2.24) is 24.6 Å². The highest BCUT2D eigenvalue weighted by Crippen LogP contribution is 2.43. The molecule has 0 fully saturated rings. The predicted octanol–water partition coefficient (Wildman–Crippen LogP) is 4.34. The maximum Gasteiger partial charge on any atom is 0.246 e. The number of hydrogen-bond acceptors (Lipinski definition) is 6. The quantitative estimate of drug-likeness (QED) is 0.377. The van der Waals surface area contributed by atoms with Crippen LogP contribution in [0.25, 0.3) is 32.4 Å². The highest BCUT2D eigenvalue weighted by molar-refractivity contribution is 7.17. The number of carbonyl (C=O) groups is 1. The van der Waals surface area contributed by atoms with Crippen LogP contribution < -0.4 is 5.73 Å². The van der Waals surface area contributed by atoms with Crippen molar-refractivity contribution >= 4 is 44.2 Å². The number of rotatable bonds is 3. The van der Waals surface area contributed by atoms with E-state index in [1.165, 1.54) is 33.6 Å². The zero-order chi connectivity index (χ0) is 21.8. The van der Waals surface area contributed by atoms with E-state index in [4.69, 9.17) is 10.8 Å². The average molecular weight is 443 g/mol. The average Bonchev–Trinajstić information content (AvgIpc) is 3.54. The Labute approximate surface area is 188 Å². The highest BCUT2D eigenvalue weighted by Gasteiger charge is 2.34. The third-order valence-electron chi connectivity index (χ3n) is 6.63. The van der Waals surface area contributed by atoms with Crippen LogP contribution in [-0.2, 0) is 4.79 Å². The van der Waals surface area contributed by atoms with E-state index in [1.54, 1.807) is 11.3 Å². The number of benzene rings is 1. The first-order valence-electron chi connectivity index (χ1n) is 10.7. The van der Waals surface area contributed by atoms with Crippen molar-refractivity contribution in [2.45, 2.75) is 25.3 Å². The van der Waals surface area contributed by atoms with E-state index in [-0.39, 0.29) is 11.9 Å². The predicted molar refractivity (Wildman–Crippen MR) is 127 cm³/mol. The molecule has 0 spiro atoms.